The minimum Gasteiger partial charge on any atom is -0.492 e. The first kappa shape index (κ1) is 13.0. The van der Waals surface area contributed by atoms with E-state index < -0.39 is 0 Å². The maximum Gasteiger partial charge on any atom is 0.139 e. The number of hydrogen-bond acceptors (Lipinski definition) is 1. The van der Waals surface area contributed by atoms with Crippen molar-refractivity contribution in [3.63, 3.8) is 0 Å². The Balaban J connectivity index is 2.58. The zero-order valence-electron chi connectivity index (χ0n) is 8.53. The Morgan fingerprint density at radius 3 is 2.47 bits per heavy atom. The fourth-order valence-electron chi connectivity index (χ4n) is 1.15. The summed E-state index contributed by atoms with van der Waals surface area (Å²) in [4.78, 5) is 0. The topological polar surface area (TPSA) is 9.23 Å². The molecule has 0 aliphatic rings. The van der Waals surface area contributed by atoms with Gasteiger partial charge >= 0.3 is 0 Å². The maximum atomic E-state index is 5.97. The minimum absolute atomic E-state index is 0.353. The summed E-state index contributed by atoms with van der Waals surface area (Å²) in [6.45, 7) is 2.80. The van der Waals surface area contributed by atoms with Gasteiger partial charge in [-0.15, -0.1) is 0 Å². The van der Waals surface area contributed by atoms with Crippen LogP contribution >= 0.6 is 34.8 Å². The largest absolute Gasteiger partial charge is 0.492 e. The molecule has 0 heterocycles. The lowest BCUT2D eigenvalue weighted by Gasteiger charge is -2.09. The van der Waals surface area contributed by atoms with Gasteiger partial charge in [-0.25, -0.2) is 0 Å². The number of halogens is 3. The van der Waals surface area contributed by atoms with Crippen LogP contribution in [0.3, 0.4) is 0 Å². The van der Waals surface area contributed by atoms with E-state index in [9.17, 15) is 0 Å². The summed E-state index contributed by atoms with van der Waals surface area (Å²) in [5.74, 6) is 0.599. The zero-order valence-corrected chi connectivity index (χ0v) is 10.8. The van der Waals surface area contributed by atoms with Crippen molar-refractivity contribution in [2.24, 2.45) is 0 Å². The molecule has 0 fully saturated rings. The summed E-state index contributed by atoms with van der Waals surface area (Å²) in [6, 6.07) is 3.42. The van der Waals surface area contributed by atoms with Crippen LogP contribution in [0.1, 0.15) is 26.2 Å². The highest BCUT2D eigenvalue weighted by Crippen LogP contribution is 2.37. The van der Waals surface area contributed by atoms with Crippen LogP contribution in [0.2, 0.25) is 15.1 Å². The lowest BCUT2D eigenvalue weighted by molar-refractivity contribution is 0.306. The maximum absolute atomic E-state index is 5.97. The van der Waals surface area contributed by atoms with Gasteiger partial charge in [0.05, 0.1) is 16.7 Å². The van der Waals surface area contributed by atoms with E-state index in [1.54, 1.807) is 12.1 Å². The lowest BCUT2D eigenvalue weighted by atomic mass is 10.3. The highest BCUT2D eigenvalue weighted by molar-refractivity contribution is 6.48. The molecule has 15 heavy (non-hydrogen) atoms. The van der Waals surface area contributed by atoms with Crippen LogP contribution in [0.25, 0.3) is 0 Å². The van der Waals surface area contributed by atoms with Gasteiger partial charge in [0.25, 0.3) is 0 Å². The second-order valence-electron chi connectivity index (χ2n) is 3.23. The van der Waals surface area contributed by atoms with E-state index in [4.69, 9.17) is 39.5 Å². The molecule has 1 aromatic carbocycles. The second kappa shape index (κ2) is 6.47. The quantitative estimate of drug-likeness (QED) is 0.525. The van der Waals surface area contributed by atoms with Crippen molar-refractivity contribution >= 4 is 34.8 Å². The van der Waals surface area contributed by atoms with Crippen LogP contribution in [0.15, 0.2) is 12.1 Å². The third-order valence-corrected chi connectivity index (χ3v) is 3.28. The fraction of sp³-hybridized carbons (Fsp3) is 0.455. The first-order valence-corrected chi connectivity index (χ1v) is 6.06. The van der Waals surface area contributed by atoms with Crippen LogP contribution in [0.4, 0.5) is 0 Å². The summed E-state index contributed by atoms with van der Waals surface area (Å²) in [6.07, 6.45) is 3.34. The number of rotatable bonds is 5. The van der Waals surface area contributed by atoms with Crippen molar-refractivity contribution < 1.29 is 4.74 Å². The van der Waals surface area contributed by atoms with Crippen molar-refractivity contribution in [2.45, 2.75) is 26.2 Å². The Bertz CT molecular complexity index is 326. The Morgan fingerprint density at radius 1 is 1.07 bits per heavy atom. The van der Waals surface area contributed by atoms with Gasteiger partial charge in [-0.3, -0.25) is 0 Å². The molecule has 0 amide bonds. The van der Waals surface area contributed by atoms with Gasteiger partial charge in [0.2, 0.25) is 0 Å². The fourth-order valence-corrected chi connectivity index (χ4v) is 1.74. The highest BCUT2D eigenvalue weighted by atomic mass is 35.5. The lowest BCUT2D eigenvalue weighted by Crippen LogP contribution is -1.97. The SMILES string of the molecule is CCCCCOc1ccc(Cl)c(Cl)c1Cl. The van der Waals surface area contributed by atoms with E-state index in [2.05, 4.69) is 6.92 Å². The Morgan fingerprint density at radius 2 is 1.80 bits per heavy atom. The summed E-state index contributed by atoms with van der Waals surface area (Å²) >= 11 is 17.6. The highest BCUT2D eigenvalue weighted by Gasteiger charge is 2.09. The Kier molecular flexibility index (Phi) is 5.59. The molecule has 1 nitrogen and oxygen atoms in total. The minimum atomic E-state index is 0.353. The van der Waals surface area contributed by atoms with Gasteiger partial charge in [0.1, 0.15) is 10.8 Å². The molecule has 1 aromatic rings. The summed E-state index contributed by atoms with van der Waals surface area (Å²) in [5.41, 5.74) is 0. The Labute approximate surface area is 105 Å². The molecule has 0 aromatic heterocycles. The average Bonchev–Trinajstić information content (AvgIpc) is 2.24. The monoisotopic (exact) mass is 266 g/mol. The molecule has 0 saturated carbocycles. The van der Waals surface area contributed by atoms with Gasteiger partial charge in [-0.1, -0.05) is 54.6 Å². The van der Waals surface area contributed by atoms with E-state index in [0.717, 1.165) is 12.8 Å². The van der Waals surface area contributed by atoms with Crippen LogP contribution in [-0.2, 0) is 0 Å². The van der Waals surface area contributed by atoms with Crippen LogP contribution < -0.4 is 4.74 Å². The molecule has 0 aliphatic heterocycles. The van der Waals surface area contributed by atoms with Gasteiger partial charge in [0.15, 0.2) is 0 Å². The van der Waals surface area contributed by atoms with E-state index in [1.165, 1.54) is 6.42 Å². The molecule has 0 spiro atoms. The summed E-state index contributed by atoms with van der Waals surface area (Å²) in [5, 5.41) is 1.19. The molecular formula is C11H13Cl3O. The van der Waals surface area contributed by atoms with Crippen molar-refractivity contribution in [1.29, 1.82) is 0 Å². The van der Waals surface area contributed by atoms with E-state index in [0.29, 0.717) is 27.4 Å². The third kappa shape index (κ3) is 3.75. The van der Waals surface area contributed by atoms with Crippen molar-refractivity contribution in [2.75, 3.05) is 6.61 Å². The van der Waals surface area contributed by atoms with E-state index >= 15 is 0 Å². The predicted octanol–water partition coefficient (Wildman–Crippen LogP) is 5.22. The van der Waals surface area contributed by atoms with E-state index in [1.807, 2.05) is 0 Å². The normalized spacial score (nSPS) is 10.4. The zero-order chi connectivity index (χ0) is 11.3. The first-order chi connectivity index (χ1) is 7.16. The molecule has 1 rings (SSSR count). The number of unbranched alkanes of at least 4 members (excludes halogenated alkanes) is 2. The summed E-state index contributed by atoms with van der Waals surface area (Å²) in [7, 11) is 0. The second-order valence-corrected chi connectivity index (χ2v) is 4.39. The van der Waals surface area contributed by atoms with Crippen molar-refractivity contribution in [3.05, 3.63) is 27.2 Å². The van der Waals surface area contributed by atoms with Gasteiger partial charge < -0.3 is 4.74 Å². The van der Waals surface area contributed by atoms with Crippen LogP contribution in [0, 0.1) is 0 Å². The molecule has 0 N–H and O–H groups in total. The molecule has 84 valence electrons. The average molecular weight is 268 g/mol. The smallest absolute Gasteiger partial charge is 0.139 e. The number of ether oxygens (including phenoxy) is 1. The molecular weight excluding hydrogens is 254 g/mol. The van der Waals surface area contributed by atoms with Crippen LogP contribution in [-0.4, -0.2) is 6.61 Å². The molecule has 4 heteroatoms. The first-order valence-electron chi connectivity index (χ1n) is 4.93. The molecule has 0 aliphatic carbocycles. The van der Waals surface area contributed by atoms with Crippen molar-refractivity contribution in [1.82, 2.24) is 0 Å². The predicted molar refractivity (Wildman–Crippen MR) is 66.5 cm³/mol. The standard InChI is InChI=1S/C11H13Cl3O/c1-2-3-4-7-15-9-6-5-8(12)10(13)11(9)14/h5-6H,2-4,7H2,1H3. The number of benzene rings is 1. The molecule has 0 saturated heterocycles. The van der Waals surface area contributed by atoms with Gasteiger partial charge in [-0.2, -0.15) is 0 Å². The van der Waals surface area contributed by atoms with Gasteiger partial charge in [-0.05, 0) is 18.6 Å². The molecule has 0 unspecified atom stereocenters. The van der Waals surface area contributed by atoms with Crippen molar-refractivity contribution in [3.8, 4) is 5.75 Å². The van der Waals surface area contributed by atoms with Crippen LogP contribution in [0.5, 0.6) is 5.75 Å². The van der Waals surface area contributed by atoms with Gasteiger partial charge in [0, 0.05) is 0 Å². The molecule has 0 radical (unpaired) electrons. The third-order valence-electron chi connectivity index (χ3n) is 2.01. The summed E-state index contributed by atoms with van der Waals surface area (Å²) < 4.78 is 5.50. The molecule has 0 atom stereocenters. The van der Waals surface area contributed by atoms with E-state index in [-0.39, 0.29) is 0 Å². The molecule has 0 bridgehead atoms. The number of hydrogen-bond donors (Lipinski definition) is 0. The Hall–Kier alpha value is -0.110.